The second-order valence-corrected chi connectivity index (χ2v) is 7.45. The van der Waals surface area contributed by atoms with Gasteiger partial charge in [0.1, 0.15) is 5.82 Å². The van der Waals surface area contributed by atoms with E-state index in [2.05, 4.69) is 34.5 Å². The first-order valence-corrected chi connectivity index (χ1v) is 9.74. The summed E-state index contributed by atoms with van der Waals surface area (Å²) >= 11 is 1.55. The standard InChI is InChI=1S/C21H20N4OS/c1-3-15-8-10-16(11-9-15)13-20(26)23-19-12-14(2)24-25(19)21-22-17-6-4-5-7-18(17)27-21/h4-12H,3,13H2,1-2H3,(H,23,26). The molecule has 0 saturated carbocycles. The Morgan fingerprint density at radius 1 is 1.11 bits per heavy atom. The van der Waals surface area contributed by atoms with Gasteiger partial charge in [0.15, 0.2) is 0 Å². The van der Waals surface area contributed by atoms with Crippen LogP contribution in [0, 0.1) is 6.92 Å². The first kappa shape index (κ1) is 17.4. The molecule has 4 rings (SSSR count). The second kappa shape index (κ2) is 7.32. The lowest BCUT2D eigenvalue weighted by molar-refractivity contribution is -0.115. The lowest BCUT2D eigenvalue weighted by Crippen LogP contribution is -2.17. The van der Waals surface area contributed by atoms with E-state index in [9.17, 15) is 4.79 Å². The number of carbonyl (C=O) groups is 1. The minimum atomic E-state index is -0.0680. The maximum Gasteiger partial charge on any atom is 0.229 e. The van der Waals surface area contributed by atoms with Gasteiger partial charge in [-0.2, -0.15) is 9.78 Å². The summed E-state index contributed by atoms with van der Waals surface area (Å²) in [6.45, 7) is 4.02. The number of thiazole rings is 1. The number of hydrogen-bond acceptors (Lipinski definition) is 4. The Morgan fingerprint density at radius 3 is 2.59 bits per heavy atom. The molecule has 0 bridgehead atoms. The number of benzene rings is 2. The van der Waals surface area contributed by atoms with Crippen molar-refractivity contribution in [3.05, 3.63) is 71.4 Å². The lowest BCUT2D eigenvalue weighted by Gasteiger charge is -2.07. The quantitative estimate of drug-likeness (QED) is 0.556. The van der Waals surface area contributed by atoms with E-state index in [0.29, 0.717) is 12.2 Å². The van der Waals surface area contributed by atoms with Gasteiger partial charge < -0.3 is 5.32 Å². The van der Waals surface area contributed by atoms with Crippen molar-refractivity contribution in [2.75, 3.05) is 5.32 Å². The molecule has 0 aliphatic heterocycles. The van der Waals surface area contributed by atoms with Crippen LogP contribution < -0.4 is 5.32 Å². The van der Waals surface area contributed by atoms with Gasteiger partial charge in [-0.05, 0) is 36.6 Å². The molecule has 1 amide bonds. The normalized spacial score (nSPS) is 11.0. The van der Waals surface area contributed by atoms with Crippen LogP contribution in [0.4, 0.5) is 5.82 Å². The highest BCUT2D eigenvalue weighted by Gasteiger charge is 2.14. The highest BCUT2D eigenvalue weighted by molar-refractivity contribution is 7.20. The fourth-order valence-electron chi connectivity index (χ4n) is 2.95. The first-order chi connectivity index (χ1) is 13.1. The van der Waals surface area contributed by atoms with E-state index in [1.807, 2.05) is 49.4 Å². The highest BCUT2D eigenvalue weighted by Crippen LogP contribution is 2.27. The molecule has 4 aromatic rings. The van der Waals surface area contributed by atoms with Crippen molar-refractivity contribution in [3.8, 4) is 5.13 Å². The Hall–Kier alpha value is -2.99. The molecule has 27 heavy (non-hydrogen) atoms. The average molecular weight is 376 g/mol. The zero-order valence-electron chi connectivity index (χ0n) is 15.3. The highest BCUT2D eigenvalue weighted by atomic mass is 32.1. The monoisotopic (exact) mass is 376 g/mol. The van der Waals surface area contributed by atoms with Crippen molar-refractivity contribution in [2.24, 2.45) is 0 Å². The van der Waals surface area contributed by atoms with Gasteiger partial charge in [-0.3, -0.25) is 4.79 Å². The van der Waals surface area contributed by atoms with Gasteiger partial charge >= 0.3 is 0 Å². The molecule has 5 nitrogen and oxygen atoms in total. The van der Waals surface area contributed by atoms with Crippen LogP contribution in [0.5, 0.6) is 0 Å². The molecule has 0 saturated heterocycles. The summed E-state index contributed by atoms with van der Waals surface area (Å²) in [5.41, 5.74) is 4.02. The molecular formula is C21H20N4OS. The lowest BCUT2D eigenvalue weighted by atomic mass is 10.1. The Labute approximate surface area is 161 Å². The molecule has 2 aromatic heterocycles. The summed E-state index contributed by atoms with van der Waals surface area (Å²) in [6.07, 6.45) is 1.32. The molecule has 0 aliphatic carbocycles. The number of nitrogens with zero attached hydrogens (tertiary/aromatic N) is 3. The predicted octanol–water partition coefficient (Wildman–Crippen LogP) is 4.53. The number of aryl methyl sites for hydroxylation is 2. The second-order valence-electron chi connectivity index (χ2n) is 6.44. The van der Waals surface area contributed by atoms with E-state index < -0.39 is 0 Å². The largest absolute Gasteiger partial charge is 0.310 e. The molecule has 0 aliphatic rings. The van der Waals surface area contributed by atoms with Crippen LogP contribution in [0.1, 0.15) is 23.7 Å². The fraction of sp³-hybridized carbons (Fsp3) is 0.190. The minimum Gasteiger partial charge on any atom is -0.310 e. The van der Waals surface area contributed by atoms with Gasteiger partial charge in [0, 0.05) is 6.07 Å². The summed E-state index contributed by atoms with van der Waals surface area (Å²) in [7, 11) is 0. The summed E-state index contributed by atoms with van der Waals surface area (Å²) < 4.78 is 2.80. The molecule has 0 spiro atoms. The van der Waals surface area contributed by atoms with E-state index >= 15 is 0 Å². The summed E-state index contributed by atoms with van der Waals surface area (Å²) in [6, 6.07) is 18.0. The maximum atomic E-state index is 12.5. The van der Waals surface area contributed by atoms with E-state index in [1.54, 1.807) is 16.0 Å². The van der Waals surface area contributed by atoms with Gasteiger partial charge in [0.05, 0.1) is 22.3 Å². The van der Waals surface area contributed by atoms with E-state index in [-0.39, 0.29) is 5.91 Å². The van der Waals surface area contributed by atoms with Crippen molar-refractivity contribution in [3.63, 3.8) is 0 Å². The Bertz CT molecular complexity index is 1060. The molecule has 6 heteroatoms. The molecular weight excluding hydrogens is 356 g/mol. The van der Waals surface area contributed by atoms with Gasteiger partial charge in [0.25, 0.3) is 0 Å². The fourth-order valence-corrected chi connectivity index (χ4v) is 3.88. The minimum absolute atomic E-state index is 0.0680. The van der Waals surface area contributed by atoms with Crippen LogP contribution in [0.15, 0.2) is 54.6 Å². The number of hydrogen-bond donors (Lipinski definition) is 1. The zero-order chi connectivity index (χ0) is 18.8. The van der Waals surface area contributed by atoms with Crippen molar-refractivity contribution in [1.82, 2.24) is 14.8 Å². The van der Waals surface area contributed by atoms with Crippen molar-refractivity contribution >= 4 is 33.3 Å². The number of nitrogens with one attached hydrogen (secondary N) is 1. The van der Waals surface area contributed by atoms with E-state index in [4.69, 9.17) is 0 Å². The number of para-hydroxylation sites is 1. The zero-order valence-corrected chi connectivity index (χ0v) is 16.1. The number of fused-ring (bicyclic) bond motifs is 1. The van der Waals surface area contributed by atoms with Gasteiger partial charge in [-0.25, -0.2) is 4.98 Å². The number of aromatic nitrogens is 3. The summed E-state index contributed by atoms with van der Waals surface area (Å²) in [4.78, 5) is 17.2. The molecule has 1 N–H and O–H groups in total. The summed E-state index contributed by atoms with van der Waals surface area (Å²) in [5.74, 6) is 0.572. The molecule has 0 atom stereocenters. The Balaban J connectivity index is 1.56. The van der Waals surface area contributed by atoms with Crippen LogP contribution in [-0.4, -0.2) is 20.7 Å². The van der Waals surface area contributed by atoms with Crippen LogP contribution >= 0.6 is 11.3 Å². The smallest absolute Gasteiger partial charge is 0.229 e. The SMILES string of the molecule is CCc1ccc(CC(=O)Nc2cc(C)nn2-c2nc3ccccc3s2)cc1. The Morgan fingerprint density at radius 2 is 1.85 bits per heavy atom. The van der Waals surface area contributed by atoms with Gasteiger partial charge in [-0.1, -0.05) is 54.7 Å². The molecule has 2 aromatic carbocycles. The third-order valence-electron chi connectivity index (χ3n) is 4.36. The van der Waals surface area contributed by atoms with Crippen LogP contribution in [0.2, 0.25) is 0 Å². The Kier molecular flexibility index (Phi) is 4.73. The topological polar surface area (TPSA) is 59.8 Å². The van der Waals surface area contributed by atoms with Gasteiger partial charge in [-0.15, -0.1) is 0 Å². The molecule has 2 heterocycles. The maximum absolute atomic E-state index is 12.5. The number of carbonyl (C=O) groups excluding carboxylic acids is 1. The van der Waals surface area contributed by atoms with Crippen LogP contribution in [-0.2, 0) is 17.6 Å². The third kappa shape index (κ3) is 3.75. The first-order valence-electron chi connectivity index (χ1n) is 8.92. The van der Waals surface area contributed by atoms with Crippen LogP contribution in [0.3, 0.4) is 0 Å². The number of anilines is 1. The van der Waals surface area contributed by atoms with Crippen molar-refractivity contribution in [2.45, 2.75) is 26.7 Å². The third-order valence-corrected chi connectivity index (χ3v) is 5.37. The average Bonchev–Trinajstić information content (AvgIpc) is 3.25. The predicted molar refractivity (Wildman–Crippen MR) is 110 cm³/mol. The van der Waals surface area contributed by atoms with Gasteiger partial charge in [0.2, 0.25) is 11.0 Å². The molecule has 0 unspecified atom stereocenters. The van der Waals surface area contributed by atoms with Crippen LogP contribution in [0.25, 0.3) is 15.3 Å². The van der Waals surface area contributed by atoms with Crippen molar-refractivity contribution < 1.29 is 4.79 Å². The van der Waals surface area contributed by atoms with E-state index in [1.165, 1.54) is 5.56 Å². The summed E-state index contributed by atoms with van der Waals surface area (Å²) in [5, 5.41) is 8.23. The molecule has 136 valence electrons. The number of rotatable bonds is 5. The van der Waals surface area contributed by atoms with Crippen molar-refractivity contribution in [1.29, 1.82) is 0 Å². The molecule has 0 fully saturated rings. The molecule has 0 radical (unpaired) electrons. The van der Waals surface area contributed by atoms with E-state index in [0.717, 1.165) is 33.0 Å². The number of amides is 1.